The number of benzene rings is 3. The van der Waals surface area contributed by atoms with Crippen molar-refractivity contribution in [2.45, 2.75) is 19.0 Å². The topological polar surface area (TPSA) is 89.0 Å². The molecule has 186 valence electrons. The SMILES string of the molecule is COC(=O)C(Nc1cccc(Cc2ccc(Cn3ccccc3=O)cc2)c1)c1n[nH]c2ccc(Cl)cc12. The van der Waals surface area contributed by atoms with Gasteiger partial charge in [-0.1, -0.05) is 54.1 Å². The molecule has 0 aliphatic heterocycles. The normalized spacial score (nSPS) is 11.8. The molecule has 0 saturated heterocycles. The van der Waals surface area contributed by atoms with Crippen molar-refractivity contribution in [2.75, 3.05) is 12.4 Å². The van der Waals surface area contributed by atoms with Gasteiger partial charge in [-0.25, -0.2) is 4.79 Å². The molecule has 0 fully saturated rings. The summed E-state index contributed by atoms with van der Waals surface area (Å²) >= 11 is 6.19. The van der Waals surface area contributed by atoms with Crippen LogP contribution in [0.1, 0.15) is 28.4 Å². The van der Waals surface area contributed by atoms with Crippen molar-refractivity contribution in [3.8, 4) is 0 Å². The van der Waals surface area contributed by atoms with Crippen molar-refractivity contribution in [3.63, 3.8) is 0 Å². The number of carbonyl (C=O) groups is 1. The average molecular weight is 513 g/mol. The van der Waals surface area contributed by atoms with Gasteiger partial charge >= 0.3 is 5.97 Å². The zero-order valence-electron chi connectivity index (χ0n) is 20.1. The number of H-pyrrole nitrogens is 1. The van der Waals surface area contributed by atoms with Crippen molar-refractivity contribution in [1.82, 2.24) is 14.8 Å². The standard InChI is InChI=1S/C29H25ClN4O3/c1-37-29(36)28(27-24-17-22(30)12-13-25(24)32-33-27)31-23-6-4-5-21(16-23)15-19-8-10-20(11-9-19)18-34-14-3-2-7-26(34)35/h2-14,16-17,28,31H,15,18H2,1H3,(H,32,33). The maximum absolute atomic E-state index is 12.7. The van der Waals surface area contributed by atoms with E-state index in [1.54, 1.807) is 35.0 Å². The summed E-state index contributed by atoms with van der Waals surface area (Å²) < 4.78 is 6.74. The molecule has 2 N–H and O–H groups in total. The Hall–Kier alpha value is -4.36. The van der Waals surface area contributed by atoms with Crippen molar-refractivity contribution >= 4 is 34.2 Å². The molecule has 0 radical (unpaired) electrons. The summed E-state index contributed by atoms with van der Waals surface area (Å²) in [5, 5.41) is 11.9. The molecule has 2 heterocycles. The molecule has 0 spiro atoms. The summed E-state index contributed by atoms with van der Waals surface area (Å²) in [5.74, 6) is -0.452. The Balaban J connectivity index is 1.33. The van der Waals surface area contributed by atoms with Gasteiger partial charge < -0.3 is 14.6 Å². The van der Waals surface area contributed by atoms with Crippen LogP contribution in [-0.2, 0) is 22.5 Å². The maximum atomic E-state index is 12.7. The third-order valence-corrected chi connectivity index (χ3v) is 6.42. The Morgan fingerprint density at radius 3 is 2.59 bits per heavy atom. The Morgan fingerprint density at radius 1 is 1.00 bits per heavy atom. The maximum Gasteiger partial charge on any atom is 0.334 e. The van der Waals surface area contributed by atoms with Crippen LogP contribution in [0.15, 0.2) is 95.9 Å². The van der Waals surface area contributed by atoms with Gasteiger partial charge in [0.2, 0.25) is 0 Å². The fraction of sp³-hybridized carbons (Fsp3) is 0.138. The molecule has 3 aromatic carbocycles. The highest BCUT2D eigenvalue weighted by Gasteiger charge is 2.26. The van der Waals surface area contributed by atoms with Crippen LogP contribution >= 0.6 is 11.6 Å². The van der Waals surface area contributed by atoms with Gasteiger partial charge in [-0.3, -0.25) is 9.89 Å². The van der Waals surface area contributed by atoms with Gasteiger partial charge in [0.15, 0.2) is 6.04 Å². The van der Waals surface area contributed by atoms with Gasteiger partial charge in [0.1, 0.15) is 5.69 Å². The van der Waals surface area contributed by atoms with E-state index in [4.69, 9.17) is 16.3 Å². The fourth-order valence-electron chi connectivity index (χ4n) is 4.31. The largest absolute Gasteiger partial charge is 0.467 e. The minimum Gasteiger partial charge on any atom is -0.467 e. The van der Waals surface area contributed by atoms with E-state index in [0.29, 0.717) is 23.7 Å². The molecule has 8 heteroatoms. The summed E-state index contributed by atoms with van der Waals surface area (Å²) in [5.41, 5.74) is 5.32. The molecule has 5 rings (SSSR count). The van der Waals surface area contributed by atoms with E-state index < -0.39 is 12.0 Å². The Kier molecular flexibility index (Phi) is 7.05. The van der Waals surface area contributed by atoms with Crippen LogP contribution in [0.2, 0.25) is 5.02 Å². The van der Waals surface area contributed by atoms with E-state index in [0.717, 1.165) is 33.3 Å². The number of aromatic amines is 1. The van der Waals surface area contributed by atoms with Crippen molar-refractivity contribution in [3.05, 3.63) is 129 Å². The summed E-state index contributed by atoms with van der Waals surface area (Å²) in [7, 11) is 1.35. The lowest BCUT2D eigenvalue weighted by atomic mass is 10.0. The summed E-state index contributed by atoms with van der Waals surface area (Å²) in [6.07, 6.45) is 2.50. The number of halogens is 1. The number of aromatic nitrogens is 3. The lowest BCUT2D eigenvalue weighted by molar-refractivity contribution is -0.141. The molecule has 1 unspecified atom stereocenters. The van der Waals surface area contributed by atoms with E-state index >= 15 is 0 Å². The van der Waals surface area contributed by atoms with Gasteiger partial charge in [0, 0.05) is 28.4 Å². The number of fused-ring (bicyclic) bond motifs is 1. The molecule has 0 aliphatic rings. The van der Waals surface area contributed by atoms with Crippen molar-refractivity contribution in [2.24, 2.45) is 0 Å². The third kappa shape index (κ3) is 5.57. The van der Waals surface area contributed by atoms with E-state index in [1.165, 1.54) is 7.11 Å². The quantitative estimate of drug-likeness (QED) is 0.274. The molecule has 0 amide bonds. The highest BCUT2D eigenvalue weighted by atomic mass is 35.5. The first-order valence-corrected chi connectivity index (χ1v) is 12.2. The average Bonchev–Trinajstić information content (AvgIpc) is 3.32. The van der Waals surface area contributed by atoms with Gasteiger partial charge in [0.05, 0.1) is 19.2 Å². The monoisotopic (exact) mass is 512 g/mol. The van der Waals surface area contributed by atoms with Crippen LogP contribution in [0.3, 0.4) is 0 Å². The van der Waals surface area contributed by atoms with Crippen molar-refractivity contribution < 1.29 is 9.53 Å². The first-order chi connectivity index (χ1) is 18.0. The molecule has 5 aromatic rings. The second-order valence-corrected chi connectivity index (χ2v) is 9.20. The predicted octanol–water partition coefficient (Wildman–Crippen LogP) is 5.34. The number of esters is 1. The summed E-state index contributed by atoms with van der Waals surface area (Å²) in [6.45, 7) is 0.529. The highest BCUT2D eigenvalue weighted by molar-refractivity contribution is 6.31. The van der Waals surface area contributed by atoms with Crippen LogP contribution in [-0.4, -0.2) is 27.8 Å². The third-order valence-electron chi connectivity index (χ3n) is 6.19. The molecule has 1 atom stereocenters. The van der Waals surface area contributed by atoms with E-state index in [2.05, 4.69) is 27.6 Å². The van der Waals surface area contributed by atoms with Gasteiger partial charge in [0.25, 0.3) is 5.56 Å². The Labute approximate surface area is 218 Å². The van der Waals surface area contributed by atoms with Crippen LogP contribution < -0.4 is 10.9 Å². The first kappa shape index (κ1) is 24.3. The number of nitrogens with zero attached hydrogens (tertiary/aromatic N) is 2. The van der Waals surface area contributed by atoms with Crippen molar-refractivity contribution in [1.29, 1.82) is 0 Å². The predicted molar refractivity (Wildman–Crippen MR) is 145 cm³/mol. The van der Waals surface area contributed by atoms with E-state index in [-0.39, 0.29) is 5.56 Å². The number of rotatable bonds is 8. The first-order valence-electron chi connectivity index (χ1n) is 11.8. The van der Waals surface area contributed by atoms with Crippen LogP contribution in [0.25, 0.3) is 10.9 Å². The number of ether oxygens (including phenoxy) is 1. The molecule has 7 nitrogen and oxygen atoms in total. The number of hydrogen-bond donors (Lipinski definition) is 2. The van der Waals surface area contributed by atoms with Gasteiger partial charge in [-0.05, 0) is 59.5 Å². The van der Waals surface area contributed by atoms with E-state index in [9.17, 15) is 9.59 Å². The minimum absolute atomic E-state index is 0.0212. The number of pyridine rings is 1. The summed E-state index contributed by atoms with van der Waals surface area (Å²) in [6, 6.07) is 25.8. The zero-order chi connectivity index (χ0) is 25.8. The lowest BCUT2D eigenvalue weighted by Crippen LogP contribution is -2.23. The molecule has 2 aromatic heterocycles. The Bertz CT molecular complexity index is 1610. The van der Waals surface area contributed by atoms with Crippen LogP contribution in [0.5, 0.6) is 0 Å². The molecule has 0 bridgehead atoms. The van der Waals surface area contributed by atoms with Gasteiger partial charge in [-0.2, -0.15) is 5.10 Å². The lowest BCUT2D eigenvalue weighted by Gasteiger charge is -2.17. The second-order valence-electron chi connectivity index (χ2n) is 8.76. The number of hydrogen-bond acceptors (Lipinski definition) is 5. The smallest absolute Gasteiger partial charge is 0.334 e. The number of anilines is 1. The van der Waals surface area contributed by atoms with Crippen LogP contribution in [0, 0.1) is 0 Å². The fourth-order valence-corrected chi connectivity index (χ4v) is 4.48. The Morgan fingerprint density at radius 2 is 1.81 bits per heavy atom. The van der Waals surface area contributed by atoms with Crippen LogP contribution in [0.4, 0.5) is 5.69 Å². The number of nitrogens with one attached hydrogen (secondary N) is 2. The van der Waals surface area contributed by atoms with Gasteiger partial charge in [-0.15, -0.1) is 0 Å². The molecular formula is C29H25ClN4O3. The summed E-state index contributed by atoms with van der Waals surface area (Å²) in [4.78, 5) is 24.7. The highest BCUT2D eigenvalue weighted by Crippen LogP contribution is 2.28. The molecule has 0 saturated carbocycles. The molecular weight excluding hydrogens is 488 g/mol. The number of methoxy groups -OCH3 is 1. The second kappa shape index (κ2) is 10.7. The molecule has 0 aliphatic carbocycles. The number of carbonyl (C=O) groups excluding carboxylic acids is 1. The molecule has 37 heavy (non-hydrogen) atoms. The minimum atomic E-state index is -0.812. The zero-order valence-corrected chi connectivity index (χ0v) is 20.9. The van der Waals surface area contributed by atoms with E-state index in [1.807, 2.05) is 48.5 Å².